The minimum atomic E-state index is -4.47. The van der Waals surface area contributed by atoms with Crippen molar-refractivity contribution < 1.29 is 27.4 Å². The van der Waals surface area contributed by atoms with Gasteiger partial charge in [-0.25, -0.2) is 9.78 Å². The summed E-state index contributed by atoms with van der Waals surface area (Å²) in [5.74, 6) is 1.08. The number of nitrogens with zero attached hydrogens (tertiary/aromatic N) is 2. The van der Waals surface area contributed by atoms with Crippen LogP contribution >= 0.6 is 0 Å². The van der Waals surface area contributed by atoms with E-state index in [0.717, 1.165) is 30.7 Å². The Balaban J connectivity index is 1.54. The van der Waals surface area contributed by atoms with Crippen LogP contribution in [0.2, 0.25) is 0 Å². The molecule has 1 saturated heterocycles. The standard InChI is InChI=1S/C22H25F3N2O3/c1-21(2,3)30-20(28)27-12-10-16(11-13-27)15-4-6-17(7-5-15)29-18-8-9-19(26-14-18)22(23,24)25/h4-9,14,16H,10-13H2,1-3H3. The van der Waals surface area contributed by atoms with Gasteiger partial charge < -0.3 is 14.4 Å². The Kier molecular flexibility index (Phi) is 6.24. The highest BCUT2D eigenvalue weighted by Gasteiger charge is 2.32. The Morgan fingerprint density at radius 2 is 1.60 bits per heavy atom. The lowest BCUT2D eigenvalue weighted by Crippen LogP contribution is -2.41. The zero-order valence-electron chi connectivity index (χ0n) is 17.2. The van der Waals surface area contributed by atoms with Gasteiger partial charge in [0.15, 0.2) is 0 Å². The molecule has 0 saturated carbocycles. The van der Waals surface area contributed by atoms with Gasteiger partial charge in [-0.05, 0) is 69.4 Å². The number of halogens is 3. The van der Waals surface area contributed by atoms with Crippen LogP contribution in [0.25, 0.3) is 0 Å². The van der Waals surface area contributed by atoms with Crippen LogP contribution in [-0.4, -0.2) is 34.7 Å². The first-order chi connectivity index (χ1) is 14.0. The van der Waals surface area contributed by atoms with Gasteiger partial charge in [0, 0.05) is 13.1 Å². The predicted octanol–water partition coefficient (Wildman–Crippen LogP) is 6.01. The van der Waals surface area contributed by atoms with Crippen molar-refractivity contribution in [1.29, 1.82) is 0 Å². The molecule has 1 aromatic heterocycles. The van der Waals surface area contributed by atoms with Crippen molar-refractivity contribution in [3.63, 3.8) is 0 Å². The summed E-state index contributed by atoms with van der Waals surface area (Å²) in [5, 5.41) is 0. The number of aromatic nitrogens is 1. The van der Waals surface area contributed by atoms with Crippen molar-refractivity contribution in [2.75, 3.05) is 13.1 Å². The highest BCUT2D eigenvalue weighted by molar-refractivity contribution is 5.68. The molecule has 2 aromatic rings. The molecular weight excluding hydrogens is 397 g/mol. The average Bonchev–Trinajstić information content (AvgIpc) is 2.67. The van der Waals surface area contributed by atoms with Gasteiger partial charge >= 0.3 is 12.3 Å². The number of benzene rings is 1. The number of hydrogen-bond donors (Lipinski definition) is 0. The Labute approximate surface area is 173 Å². The number of carbonyl (C=O) groups is 1. The van der Waals surface area contributed by atoms with Gasteiger partial charge in [0.25, 0.3) is 0 Å². The molecule has 0 aliphatic carbocycles. The van der Waals surface area contributed by atoms with E-state index in [-0.39, 0.29) is 11.8 Å². The fraction of sp³-hybridized carbons (Fsp3) is 0.455. The second-order valence-corrected chi connectivity index (χ2v) is 8.29. The number of piperidine rings is 1. The Morgan fingerprint density at radius 1 is 1.00 bits per heavy atom. The van der Waals surface area contributed by atoms with Crippen molar-refractivity contribution in [3.05, 3.63) is 53.9 Å². The summed E-state index contributed by atoms with van der Waals surface area (Å²) in [5.41, 5.74) is -0.327. The van der Waals surface area contributed by atoms with Crippen molar-refractivity contribution in [2.45, 2.75) is 51.3 Å². The molecule has 0 spiro atoms. The number of hydrogen-bond acceptors (Lipinski definition) is 4. The van der Waals surface area contributed by atoms with Gasteiger partial charge in [0.1, 0.15) is 22.8 Å². The second kappa shape index (κ2) is 8.53. The molecule has 8 heteroatoms. The molecule has 0 radical (unpaired) electrons. The van der Waals surface area contributed by atoms with E-state index in [9.17, 15) is 18.0 Å². The molecule has 0 atom stereocenters. The SMILES string of the molecule is CC(C)(C)OC(=O)N1CCC(c2ccc(Oc3ccc(C(F)(F)F)nc3)cc2)CC1. The van der Waals surface area contributed by atoms with E-state index < -0.39 is 17.5 Å². The molecule has 0 bridgehead atoms. The molecule has 1 aliphatic heterocycles. The largest absolute Gasteiger partial charge is 0.456 e. The Hall–Kier alpha value is -2.77. The molecule has 5 nitrogen and oxygen atoms in total. The molecule has 3 rings (SSSR count). The molecule has 1 aliphatic rings. The summed E-state index contributed by atoms with van der Waals surface area (Å²) >= 11 is 0. The Morgan fingerprint density at radius 3 is 2.10 bits per heavy atom. The van der Waals surface area contributed by atoms with Gasteiger partial charge in [0.05, 0.1) is 6.20 Å². The third-order valence-electron chi connectivity index (χ3n) is 4.76. The predicted molar refractivity (Wildman–Crippen MR) is 106 cm³/mol. The van der Waals surface area contributed by atoms with Crippen molar-refractivity contribution in [2.24, 2.45) is 0 Å². The van der Waals surface area contributed by atoms with Crippen LogP contribution in [0.5, 0.6) is 11.5 Å². The first-order valence-electron chi connectivity index (χ1n) is 9.80. The van der Waals surface area contributed by atoms with Gasteiger partial charge in [-0.2, -0.15) is 13.2 Å². The summed E-state index contributed by atoms with van der Waals surface area (Å²) in [4.78, 5) is 17.3. The topological polar surface area (TPSA) is 51.7 Å². The molecule has 1 amide bonds. The van der Waals surface area contributed by atoms with Crippen LogP contribution < -0.4 is 4.74 Å². The quantitative estimate of drug-likeness (QED) is 0.608. The van der Waals surface area contributed by atoms with E-state index >= 15 is 0 Å². The van der Waals surface area contributed by atoms with Crippen molar-refractivity contribution in [3.8, 4) is 11.5 Å². The van der Waals surface area contributed by atoms with Crippen LogP contribution in [-0.2, 0) is 10.9 Å². The molecule has 1 aromatic carbocycles. The van der Waals surface area contributed by atoms with Crippen LogP contribution in [0, 0.1) is 0 Å². The van der Waals surface area contributed by atoms with E-state index in [4.69, 9.17) is 9.47 Å². The van der Waals surface area contributed by atoms with Gasteiger partial charge in [-0.1, -0.05) is 12.1 Å². The number of alkyl halides is 3. The van der Waals surface area contributed by atoms with Gasteiger partial charge in [-0.3, -0.25) is 0 Å². The van der Waals surface area contributed by atoms with Gasteiger partial charge in [-0.15, -0.1) is 0 Å². The summed E-state index contributed by atoms with van der Waals surface area (Å²) in [7, 11) is 0. The summed E-state index contributed by atoms with van der Waals surface area (Å²) < 4.78 is 48.7. The first-order valence-corrected chi connectivity index (χ1v) is 9.80. The second-order valence-electron chi connectivity index (χ2n) is 8.29. The summed E-state index contributed by atoms with van der Waals surface area (Å²) in [6.07, 6.45) is -2.03. The zero-order valence-corrected chi connectivity index (χ0v) is 17.2. The van der Waals surface area contributed by atoms with Crippen molar-refractivity contribution >= 4 is 6.09 Å². The molecule has 30 heavy (non-hydrogen) atoms. The third kappa shape index (κ3) is 5.87. The number of ether oxygens (including phenoxy) is 2. The molecular formula is C22H25F3N2O3. The maximum Gasteiger partial charge on any atom is 0.433 e. The monoisotopic (exact) mass is 422 g/mol. The highest BCUT2D eigenvalue weighted by Crippen LogP contribution is 2.32. The minimum absolute atomic E-state index is 0.237. The van der Waals surface area contributed by atoms with Crippen LogP contribution in [0.3, 0.4) is 0 Å². The normalized spacial score (nSPS) is 15.7. The summed E-state index contributed by atoms with van der Waals surface area (Å²) in [6, 6.07) is 9.60. The number of rotatable bonds is 3. The molecule has 0 unspecified atom stereocenters. The van der Waals surface area contributed by atoms with Gasteiger partial charge in [0.2, 0.25) is 0 Å². The number of likely N-dealkylation sites (tertiary alicyclic amines) is 1. The van der Waals surface area contributed by atoms with E-state index in [1.807, 2.05) is 32.9 Å². The lowest BCUT2D eigenvalue weighted by atomic mass is 9.89. The lowest BCUT2D eigenvalue weighted by molar-refractivity contribution is -0.141. The fourth-order valence-corrected chi connectivity index (χ4v) is 3.27. The lowest BCUT2D eigenvalue weighted by Gasteiger charge is -2.33. The number of pyridine rings is 1. The first kappa shape index (κ1) is 21.9. The number of amides is 1. The molecule has 1 fully saturated rings. The molecule has 2 heterocycles. The van der Waals surface area contributed by atoms with E-state index in [1.165, 1.54) is 6.07 Å². The van der Waals surface area contributed by atoms with Crippen LogP contribution in [0.4, 0.5) is 18.0 Å². The molecule has 162 valence electrons. The van der Waals surface area contributed by atoms with E-state index in [2.05, 4.69) is 4.98 Å². The average molecular weight is 422 g/mol. The van der Waals surface area contributed by atoms with E-state index in [1.54, 1.807) is 17.0 Å². The Bertz CT molecular complexity index is 851. The molecule has 0 N–H and O–H groups in total. The van der Waals surface area contributed by atoms with Crippen molar-refractivity contribution in [1.82, 2.24) is 9.88 Å². The minimum Gasteiger partial charge on any atom is -0.456 e. The zero-order chi connectivity index (χ0) is 21.9. The smallest absolute Gasteiger partial charge is 0.433 e. The number of carbonyl (C=O) groups excluding carboxylic acids is 1. The summed E-state index contributed by atoms with van der Waals surface area (Å²) in [6.45, 7) is 6.82. The van der Waals surface area contributed by atoms with Crippen LogP contribution in [0.1, 0.15) is 50.8 Å². The third-order valence-corrected chi connectivity index (χ3v) is 4.76. The maximum absolute atomic E-state index is 12.6. The fourth-order valence-electron chi connectivity index (χ4n) is 3.27. The van der Waals surface area contributed by atoms with E-state index in [0.29, 0.717) is 24.8 Å². The highest BCUT2D eigenvalue weighted by atomic mass is 19.4. The van der Waals surface area contributed by atoms with Crippen LogP contribution in [0.15, 0.2) is 42.6 Å². The maximum atomic E-state index is 12.6.